The summed E-state index contributed by atoms with van der Waals surface area (Å²) in [7, 11) is 0. The molecule has 0 amide bonds. The van der Waals surface area contributed by atoms with Crippen molar-refractivity contribution in [3.05, 3.63) is 36.5 Å². The lowest BCUT2D eigenvalue weighted by Crippen LogP contribution is -1.92. The minimum Gasteiger partial charge on any atom is -0.478 e. The van der Waals surface area contributed by atoms with E-state index in [0.29, 0.717) is 12.2 Å². The number of carboxylic acids is 4. The molecule has 0 aliphatic carbocycles. The highest BCUT2D eigenvalue weighted by atomic mass is 16.4. The third-order valence-electron chi connectivity index (χ3n) is 1.10. The summed E-state index contributed by atoms with van der Waals surface area (Å²) in [6.45, 7) is 9.20. The molecule has 0 atom stereocenters. The van der Waals surface area contributed by atoms with Crippen molar-refractivity contribution in [1.29, 1.82) is 0 Å². The summed E-state index contributed by atoms with van der Waals surface area (Å²) in [5.74, 6) is -4.38. The lowest BCUT2D eigenvalue weighted by Gasteiger charge is -1.79. The van der Waals surface area contributed by atoms with Crippen molar-refractivity contribution in [3.63, 3.8) is 0 Å². The zero-order valence-electron chi connectivity index (χ0n) is 11.0. The Labute approximate surface area is 115 Å². The second-order valence-electron chi connectivity index (χ2n) is 3.18. The van der Waals surface area contributed by atoms with Gasteiger partial charge in [-0.05, 0) is 13.8 Å². The molecule has 0 aliphatic rings. The van der Waals surface area contributed by atoms with Gasteiger partial charge in [0.1, 0.15) is 0 Å². The van der Waals surface area contributed by atoms with Crippen LogP contribution >= 0.6 is 0 Å². The summed E-state index contributed by atoms with van der Waals surface area (Å²) in [5.41, 5.74) is 0.352. The predicted octanol–water partition coefficient (Wildman–Crippen LogP) is 1.01. The first kappa shape index (κ1) is 22.3. The van der Waals surface area contributed by atoms with Crippen LogP contribution in [0, 0.1) is 0 Å². The van der Waals surface area contributed by atoms with Crippen molar-refractivity contribution in [2.24, 2.45) is 0 Å². The Balaban J connectivity index is -0.000000221. The Morgan fingerprint density at radius 2 is 0.850 bits per heavy atom. The van der Waals surface area contributed by atoms with Gasteiger partial charge in [-0.3, -0.25) is 0 Å². The van der Waals surface area contributed by atoms with Crippen molar-refractivity contribution in [1.82, 2.24) is 0 Å². The topological polar surface area (TPSA) is 149 Å². The third-order valence-corrected chi connectivity index (χ3v) is 1.10. The molecule has 0 unspecified atom stereocenters. The average Bonchev–Trinajstić information content (AvgIpc) is 2.27. The summed E-state index contributed by atoms with van der Waals surface area (Å²) in [5, 5.41) is 31.4. The Hall–Kier alpha value is -2.90. The zero-order chi connectivity index (χ0) is 16.9. The molecule has 0 heterocycles. The molecule has 0 rings (SSSR count). The van der Waals surface area contributed by atoms with Crippen LogP contribution in [0.15, 0.2) is 36.5 Å². The van der Waals surface area contributed by atoms with Gasteiger partial charge < -0.3 is 20.4 Å². The normalized spacial score (nSPS) is 8.30. The molecule has 20 heavy (non-hydrogen) atoms. The van der Waals surface area contributed by atoms with Crippen molar-refractivity contribution in [2.45, 2.75) is 13.8 Å². The molecule has 0 aromatic rings. The number of carbonyl (C=O) groups is 4. The molecule has 0 saturated heterocycles. The number of hydrogen-bond acceptors (Lipinski definition) is 4. The Morgan fingerprint density at radius 1 is 0.700 bits per heavy atom. The van der Waals surface area contributed by atoms with Gasteiger partial charge in [-0.15, -0.1) is 0 Å². The smallest absolute Gasteiger partial charge is 0.330 e. The quantitative estimate of drug-likeness (QED) is 0.560. The molecule has 0 radical (unpaired) electrons. The number of rotatable bonds is 4. The Bertz CT molecular complexity index is 367. The first-order valence-electron chi connectivity index (χ1n) is 4.83. The molecule has 8 nitrogen and oxygen atoms in total. The maximum Gasteiger partial charge on any atom is 0.330 e. The molecule has 112 valence electrons. The van der Waals surface area contributed by atoms with Crippen LogP contribution in [0.1, 0.15) is 13.8 Å². The van der Waals surface area contributed by atoms with Crippen molar-refractivity contribution in [3.8, 4) is 0 Å². The summed E-state index contributed by atoms with van der Waals surface area (Å²) in [6.07, 6.45) is 1.12. The van der Waals surface area contributed by atoms with Crippen LogP contribution in [0.4, 0.5) is 0 Å². The largest absolute Gasteiger partial charge is 0.478 e. The van der Waals surface area contributed by atoms with Gasteiger partial charge in [0.25, 0.3) is 0 Å². The van der Waals surface area contributed by atoms with Gasteiger partial charge in [0.05, 0.1) is 0 Å². The van der Waals surface area contributed by atoms with Crippen LogP contribution < -0.4 is 0 Å². The van der Waals surface area contributed by atoms with Gasteiger partial charge >= 0.3 is 23.9 Å². The molecular weight excluding hydrogens is 272 g/mol. The minimum absolute atomic E-state index is 0.176. The molecule has 4 N–H and O–H groups in total. The molecule has 0 fully saturated rings. The minimum atomic E-state index is -1.26. The van der Waals surface area contributed by atoms with Gasteiger partial charge in [-0.2, -0.15) is 0 Å². The summed E-state index contributed by atoms with van der Waals surface area (Å²) >= 11 is 0. The first-order chi connectivity index (χ1) is 8.91. The molecule has 0 saturated carbocycles. The van der Waals surface area contributed by atoms with E-state index in [2.05, 4.69) is 13.2 Å². The zero-order valence-corrected chi connectivity index (χ0v) is 11.0. The fraction of sp³-hybridized carbons (Fsp3) is 0.167. The molecular formula is C12H16O8. The first-order valence-corrected chi connectivity index (χ1v) is 4.83. The molecule has 0 aromatic heterocycles. The van der Waals surface area contributed by atoms with E-state index in [1.54, 1.807) is 0 Å². The lowest BCUT2D eigenvalue weighted by molar-refractivity contribution is -0.134. The van der Waals surface area contributed by atoms with Crippen LogP contribution in [0.25, 0.3) is 0 Å². The third kappa shape index (κ3) is 29.4. The monoisotopic (exact) mass is 288 g/mol. The highest BCUT2D eigenvalue weighted by Crippen LogP contribution is 1.81. The number of hydrogen-bond donors (Lipinski definition) is 4. The predicted molar refractivity (Wildman–Crippen MR) is 69.3 cm³/mol. The maximum atomic E-state index is 9.60. The van der Waals surface area contributed by atoms with Crippen LogP contribution in [0.2, 0.25) is 0 Å². The second kappa shape index (κ2) is 12.6. The van der Waals surface area contributed by atoms with E-state index in [9.17, 15) is 19.2 Å². The van der Waals surface area contributed by atoms with Gasteiger partial charge in [0, 0.05) is 23.3 Å². The maximum absolute atomic E-state index is 9.60. The fourth-order valence-corrected chi connectivity index (χ4v) is 0.143. The summed E-state index contributed by atoms with van der Waals surface area (Å²) in [6, 6.07) is 0. The van der Waals surface area contributed by atoms with Crippen LogP contribution in [0.3, 0.4) is 0 Å². The van der Waals surface area contributed by atoms with E-state index in [1.165, 1.54) is 13.8 Å². The van der Waals surface area contributed by atoms with Crippen molar-refractivity contribution in [2.75, 3.05) is 0 Å². The molecule has 0 aliphatic heterocycles. The van der Waals surface area contributed by atoms with Crippen LogP contribution in [-0.4, -0.2) is 44.3 Å². The van der Waals surface area contributed by atoms with Crippen molar-refractivity contribution < 1.29 is 39.6 Å². The van der Waals surface area contributed by atoms with Crippen LogP contribution in [0.5, 0.6) is 0 Å². The van der Waals surface area contributed by atoms with E-state index >= 15 is 0 Å². The van der Waals surface area contributed by atoms with E-state index in [0.717, 1.165) is 0 Å². The molecule has 0 spiro atoms. The SMILES string of the molecule is C=C(C)C(=O)O.C=C(C)C(=O)O.O=C(O)/C=C/C(=O)O. The highest BCUT2D eigenvalue weighted by molar-refractivity contribution is 5.89. The number of carboxylic acid groups (broad SMARTS) is 4. The van der Waals surface area contributed by atoms with Gasteiger partial charge in [-0.1, -0.05) is 13.2 Å². The standard InChI is InChI=1S/C4H4O4.2C4H6O2/c5-3(6)1-2-4(7)8;2*1-3(2)4(5)6/h1-2H,(H,5,6)(H,7,8);2*1H2,2H3,(H,5,6)/b2-1+;;. The molecule has 0 aromatic carbocycles. The number of aliphatic carboxylic acids is 4. The lowest BCUT2D eigenvalue weighted by atomic mass is 10.4. The molecule has 0 bridgehead atoms. The van der Waals surface area contributed by atoms with Gasteiger partial charge in [-0.25, -0.2) is 19.2 Å². The van der Waals surface area contributed by atoms with Crippen LogP contribution in [-0.2, 0) is 19.2 Å². The summed E-state index contributed by atoms with van der Waals surface area (Å²) < 4.78 is 0. The Morgan fingerprint density at radius 3 is 0.900 bits per heavy atom. The van der Waals surface area contributed by atoms with E-state index < -0.39 is 23.9 Å². The van der Waals surface area contributed by atoms with E-state index in [4.69, 9.17) is 20.4 Å². The van der Waals surface area contributed by atoms with Crippen molar-refractivity contribution >= 4 is 23.9 Å². The van der Waals surface area contributed by atoms with E-state index in [-0.39, 0.29) is 11.1 Å². The fourth-order valence-electron chi connectivity index (χ4n) is 0.143. The second-order valence-corrected chi connectivity index (χ2v) is 3.18. The molecule has 8 heteroatoms. The van der Waals surface area contributed by atoms with Gasteiger partial charge in [0.2, 0.25) is 0 Å². The average molecular weight is 288 g/mol. The summed E-state index contributed by atoms with van der Waals surface area (Å²) in [4.78, 5) is 38.3. The van der Waals surface area contributed by atoms with Gasteiger partial charge in [0.15, 0.2) is 0 Å². The van der Waals surface area contributed by atoms with E-state index in [1.807, 2.05) is 0 Å². The Kier molecular flexibility index (Phi) is 14.0. The highest BCUT2D eigenvalue weighted by Gasteiger charge is 1.90.